The van der Waals surface area contributed by atoms with Gasteiger partial charge in [-0.2, -0.15) is 0 Å². The monoisotopic (exact) mass is 302 g/mol. The molecule has 0 atom stereocenters. The van der Waals surface area contributed by atoms with Crippen LogP contribution in [0.3, 0.4) is 0 Å². The van der Waals surface area contributed by atoms with Gasteiger partial charge in [0.2, 0.25) is 0 Å². The summed E-state index contributed by atoms with van der Waals surface area (Å²) in [4.78, 5) is 12.4. The van der Waals surface area contributed by atoms with Gasteiger partial charge in [0, 0.05) is 15.8 Å². The summed E-state index contributed by atoms with van der Waals surface area (Å²) in [5.41, 5.74) is 1.17. The van der Waals surface area contributed by atoms with Gasteiger partial charge in [0.25, 0.3) is 0 Å². The van der Waals surface area contributed by atoms with Crippen molar-refractivity contribution in [2.45, 2.75) is 24.7 Å². The molecule has 0 aliphatic carbocycles. The highest BCUT2D eigenvalue weighted by molar-refractivity contribution is 9.10. The molecule has 0 unspecified atom stereocenters. The molecule has 0 amide bonds. The van der Waals surface area contributed by atoms with Crippen LogP contribution in [0.1, 0.15) is 18.9 Å². The molecule has 88 valence electrons. The average Bonchev–Trinajstić information content (AvgIpc) is 2.28. The fraction of sp³-hybridized carbons (Fsp3) is 0.417. The topological polar surface area (TPSA) is 26.3 Å². The van der Waals surface area contributed by atoms with Gasteiger partial charge in [-0.15, -0.1) is 11.8 Å². The Labute approximate surface area is 109 Å². The Morgan fingerprint density at radius 2 is 2.25 bits per heavy atom. The number of rotatable bonds is 5. The van der Waals surface area contributed by atoms with Crippen LogP contribution in [-0.2, 0) is 16.0 Å². The van der Waals surface area contributed by atoms with Crippen LogP contribution >= 0.6 is 27.7 Å². The summed E-state index contributed by atoms with van der Waals surface area (Å²) in [5, 5.41) is 0. The van der Waals surface area contributed by atoms with Crippen molar-refractivity contribution in [3.8, 4) is 0 Å². The molecule has 0 fully saturated rings. The first kappa shape index (κ1) is 13.6. The van der Waals surface area contributed by atoms with Gasteiger partial charge < -0.3 is 4.74 Å². The maximum Gasteiger partial charge on any atom is 0.306 e. The quantitative estimate of drug-likeness (QED) is 0.613. The first-order valence-electron chi connectivity index (χ1n) is 5.15. The number of thioether (sulfide) groups is 1. The van der Waals surface area contributed by atoms with Gasteiger partial charge in [-0.3, -0.25) is 4.79 Å². The number of hydrogen-bond donors (Lipinski definition) is 0. The highest BCUT2D eigenvalue weighted by Crippen LogP contribution is 2.26. The van der Waals surface area contributed by atoms with E-state index in [9.17, 15) is 4.79 Å². The Morgan fingerprint density at radius 3 is 2.88 bits per heavy atom. The number of hydrogen-bond acceptors (Lipinski definition) is 3. The summed E-state index contributed by atoms with van der Waals surface area (Å²) in [6.45, 7) is 2.28. The molecule has 0 bridgehead atoms. The van der Waals surface area contributed by atoms with E-state index in [4.69, 9.17) is 4.74 Å². The first-order chi connectivity index (χ1) is 7.67. The Morgan fingerprint density at radius 1 is 1.50 bits per heavy atom. The largest absolute Gasteiger partial charge is 0.466 e. The zero-order chi connectivity index (χ0) is 12.0. The third kappa shape index (κ3) is 4.18. The van der Waals surface area contributed by atoms with Gasteiger partial charge in [0.05, 0.1) is 6.61 Å². The Bertz CT molecular complexity index is 366. The van der Waals surface area contributed by atoms with Crippen LogP contribution < -0.4 is 0 Å². The lowest BCUT2D eigenvalue weighted by Crippen LogP contribution is -2.05. The zero-order valence-electron chi connectivity index (χ0n) is 9.46. The van der Waals surface area contributed by atoms with Crippen LogP contribution in [0.2, 0.25) is 0 Å². The highest BCUT2D eigenvalue weighted by Gasteiger charge is 2.04. The summed E-state index contributed by atoms with van der Waals surface area (Å²) in [7, 11) is 0. The number of ether oxygens (including phenoxy) is 1. The van der Waals surface area contributed by atoms with Gasteiger partial charge in [0.15, 0.2) is 0 Å². The predicted octanol–water partition coefficient (Wildman–Crippen LogP) is 3.67. The van der Waals surface area contributed by atoms with E-state index >= 15 is 0 Å². The van der Waals surface area contributed by atoms with E-state index in [1.54, 1.807) is 11.8 Å². The maximum absolute atomic E-state index is 11.2. The van der Waals surface area contributed by atoms with Gasteiger partial charge >= 0.3 is 5.97 Å². The second-order valence-corrected chi connectivity index (χ2v) is 4.98. The molecule has 0 heterocycles. The zero-order valence-corrected chi connectivity index (χ0v) is 11.9. The standard InChI is InChI=1S/C12H15BrO2S/c1-3-15-12(14)7-5-9-4-6-10(13)11(8-9)16-2/h4,6,8H,3,5,7H2,1-2H3. The molecule has 0 radical (unpaired) electrons. The van der Waals surface area contributed by atoms with Gasteiger partial charge in [-0.1, -0.05) is 6.07 Å². The van der Waals surface area contributed by atoms with Crippen LogP contribution in [0.25, 0.3) is 0 Å². The van der Waals surface area contributed by atoms with Crippen LogP contribution in [-0.4, -0.2) is 18.8 Å². The number of benzene rings is 1. The summed E-state index contributed by atoms with van der Waals surface area (Å²) >= 11 is 5.17. The van der Waals surface area contributed by atoms with Crippen LogP contribution in [0.15, 0.2) is 27.6 Å². The number of aryl methyl sites for hydroxylation is 1. The summed E-state index contributed by atoms with van der Waals surface area (Å²) in [6, 6.07) is 6.16. The van der Waals surface area contributed by atoms with E-state index in [2.05, 4.69) is 22.0 Å². The molecule has 0 saturated carbocycles. The SMILES string of the molecule is CCOC(=O)CCc1ccc(Br)c(SC)c1. The molecule has 0 aliphatic rings. The molecule has 0 aromatic heterocycles. The molecule has 1 aromatic rings. The van der Waals surface area contributed by atoms with E-state index in [1.807, 2.05) is 25.3 Å². The second-order valence-electron chi connectivity index (χ2n) is 3.27. The normalized spacial score (nSPS) is 10.2. The Balaban J connectivity index is 2.57. The number of halogens is 1. The molecule has 0 saturated heterocycles. The van der Waals surface area contributed by atoms with Crippen LogP contribution in [0, 0.1) is 0 Å². The van der Waals surface area contributed by atoms with E-state index in [1.165, 1.54) is 10.5 Å². The molecular formula is C12H15BrO2S. The first-order valence-corrected chi connectivity index (χ1v) is 7.17. The van der Waals surface area contributed by atoms with Crippen molar-refractivity contribution in [2.24, 2.45) is 0 Å². The summed E-state index contributed by atoms with van der Waals surface area (Å²) in [6.07, 6.45) is 3.22. The third-order valence-electron chi connectivity index (χ3n) is 2.14. The Kier molecular flexibility index (Phi) is 5.91. The van der Waals surface area contributed by atoms with Crippen molar-refractivity contribution in [1.82, 2.24) is 0 Å². The van der Waals surface area contributed by atoms with E-state index in [0.29, 0.717) is 13.0 Å². The van der Waals surface area contributed by atoms with Gasteiger partial charge in [-0.05, 0) is 53.2 Å². The number of esters is 1. The van der Waals surface area contributed by atoms with Crippen molar-refractivity contribution in [3.63, 3.8) is 0 Å². The second kappa shape index (κ2) is 6.97. The minimum atomic E-state index is -0.129. The Hall–Kier alpha value is -0.480. The lowest BCUT2D eigenvalue weighted by atomic mass is 10.1. The molecule has 4 heteroatoms. The average molecular weight is 303 g/mol. The maximum atomic E-state index is 11.2. The number of carbonyl (C=O) groups excluding carboxylic acids is 1. The van der Waals surface area contributed by atoms with Crippen molar-refractivity contribution in [1.29, 1.82) is 0 Å². The molecule has 0 spiro atoms. The molecule has 1 aromatic carbocycles. The molecule has 16 heavy (non-hydrogen) atoms. The van der Waals surface area contributed by atoms with Crippen LogP contribution in [0.5, 0.6) is 0 Å². The lowest BCUT2D eigenvalue weighted by molar-refractivity contribution is -0.143. The minimum absolute atomic E-state index is 0.129. The molecular weight excluding hydrogens is 288 g/mol. The van der Waals surface area contributed by atoms with Crippen molar-refractivity contribution < 1.29 is 9.53 Å². The highest BCUT2D eigenvalue weighted by atomic mass is 79.9. The molecule has 1 rings (SSSR count). The van der Waals surface area contributed by atoms with E-state index in [0.717, 1.165) is 10.9 Å². The van der Waals surface area contributed by atoms with E-state index < -0.39 is 0 Å². The number of carbonyl (C=O) groups is 1. The fourth-order valence-corrected chi connectivity index (χ4v) is 2.60. The molecule has 0 aliphatic heterocycles. The van der Waals surface area contributed by atoms with Crippen molar-refractivity contribution >= 4 is 33.7 Å². The van der Waals surface area contributed by atoms with Crippen molar-refractivity contribution in [2.75, 3.05) is 12.9 Å². The minimum Gasteiger partial charge on any atom is -0.466 e. The fourth-order valence-electron chi connectivity index (χ4n) is 1.34. The summed E-state index contributed by atoms with van der Waals surface area (Å²) in [5.74, 6) is -0.129. The lowest BCUT2D eigenvalue weighted by Gasteiger charge is -2.05. The molecule has 0 N–H and O–H groups in total. The van der Waals surface area contributed by atoms with E-state index in [-0.39, 0.29) is 5.97 Å². The van der Waals surface area contributed by atoms with Gasteiger partial charge in [-0.25, -0.2) is 0 Å². The molecule has 2 nitrogen and oxygen atoms in total. The smallest absolute Gasteiger partial charge is 0.306 e. The van der Waals surface area contributed by atoms with Gasteiger partial charge in [0.1, 0.15) is 0 Å². The predicted molar refractivity (Wildman–Crippen MR) is 70.9 cm³/mol. The van der Waals surface area contributed by atoms with Crippen molar-refractivity contribution in [3.05, 3.63) is 28.2 Å². The van der Waals surface area contributed by atoms with Crippen LogP contribution in [0.4, 0.5) is 0 Å². The summed E-state index contributed by atoms with van der Waals surface area (Å²) < 4.78 is 5.99. The third-order valence-corrected chi connectivity index (χ3v) is 3.87.